The van der Waals surface area contributed by atoms with Gasteiger partial charge in [-0.25, -0.2) is 0 Å². The molecular weight excluding hydrogens is 310 g/mol. The van der Waals surface area contributed by atoms with Gasteiger partial charge in [-0.05, 0) is 35.6 Å². The summed E-state index contributed by atoms with van der Waals surface area (Å²) in [5, 5.41) is 6.21. The first-order valence-corrected chi connectivity index (χ1v) is 8.51. The van der Waals surface area contributed by atoms with Gasteiger partial charge in [-0.3, -0.25) is 4.79 Å². The third-order valence-corrected chi connectivity index (χ3v) is 4.54. The normalized spacial score (nSPS) is 11.1. The minimum atomic E-state index is -0.0408. The molecule has 0 aliphatic heterocycles. The Bertz CT molecular complexity index is 1060. The van der Waals surface area contributed by atoms with Gasteiger partial charge < -0.3 is 9.73 Å². The van der Waals surface area contributed by atoms with E-state index in [0.717, 1.165) is 39.4 Å². The number of furan rings is 1. The molecule has 3 nitrogen and oxygen atoms in total. The highest BCUT2D eigenvalue weighted by Crippen LogP contribution is 2.25. The van der Waals surface area contributed by atoms with E-state index in [1.165, 1.54) is 5.56 Å². The molecule has 25 heavy (non-hydrogen) atoms. The van der Waals surface area contributed by atoms with Crippen molar-refractivity contribution in [1.29, 1.82) is 0 Å². The number of carbonyl (C=O) groups excluding carboxylic acids is 1. The van der Waals surface area contributed by atoms with Crippen molar-refractivity contribution in [2.45, 2.75) is 19.8 Å². The number of rotatable bonds is 4. The van der Waals surface area contributed by atoms with Crippen LogP contribution in [0.5, 0.6) is 0 Å². The van der Waals surface area contributed by atoms with Gasteiger partial charge in [0, 0.05) is 22.0 Å². The van der Waals surface area contributed by atoms with Crippen LogP contribution in [0, 0.1) is 0 Å². The lowest BCUT2D eigenvalue weighted by Crippen LogP contribution is -2.14. The summed E-state index contributed by atoms with van der Waals surface area (Å²) in [5.74, 6) is -0.0408. The van der Waals surface area contributed by atoms with E-state index in [1.807, 2.05) is 48.5 Å². The van der Waals surface area contributed by atoms with Gasteiger partial charge in [-0.15, -0.1) is 0 Å². The lowest BCUT2D eigenvalue weighted by molar-refractivity contribution is -0.115. The Balaban J connectivity index is 1.60. The summed E-state index contributed by atoms with van der Waals surface area (Å²) in [5.41, 5.74) is 3.82. The third-order valence-electron chi connectivity index (χ3n) is 4.54. The standard InChI is InChI=1S/C22H19NO2/c1-2-15-10-11-21-19(12-15)17(14-25-21)13-22(24)23-20-9-5-7-16-6-3-4-8-18(16)20/h3-12,14H,2,13H2,1H3,(H,23,24). The molecule has 0 unspecified atom stereocenters. The van der Waals surface area contributed by atoms with E-state index in [1.54, 1.807) is 6.26 Å². The molecule has 1 aromatic heterocycles. The average Bonchev–Trinajstić information content (AvgIpc) is 3.04. The van der Waals surface area contributed by atoms with Crippen molar-refractivity contribution in [3.63, 3.8) is 0 Å². The SMILES string of the molecule is CCc1ccc2occ(CC(=O)Nc3cccc4ccccc34)c2c1. The molecule has 0 aliphatic rings. The molecule has 4 rings (SSSR count). The second kappa shape index (κ2) is 6.44. The highest BCUT2D eigenvalue weighted by atomic mass is 16.3. The number of hydrogen-bond donors (Lipinski definition) is 1. The van der Waals surface area contributed by atoms with Crippen molar-refractivity contribution < 1.29 is 9.21 Å². The highest BCUT2D eigenvalue weighted by molar-refractivity contribution is 6.03. The number of aryl methyl sites for hydroxylation is 1. The number of fused-ring (bicyclic) bond motifs is 2. The van der Waals surface area contributed by atoms with Crippen LogP contribution in [-0.2, 0) is 17.6 Å². The summed E-state index contributed by atoms with van der Waals surface area (Å²) in [6, 6.07) is 20.1. The summed E-state index contributed by atoms with van der Waals surface area (Å²) in [4.78, 5) is 12.6. The van der Waals surface area contributed by atoms with Gasteiger partial charge in [0.1, 0.15) is 5.58 Å². The Morgan fingerprint density at radius 1 is 1.00 bits per heavy atom. The van der Waals surface area contributed by atoms with E-state index in [4.69, 9.17) is 4.42 Å². The van der Waals surface area contributed by atoms with E-state index in [0.29, 0.717) is 6.42 Å². The number of benzene rings is 3. The Morgan fingerprint density at radius 3 is 2.72 bits per heavy atom. The van der Waals surface area contributed by atoms with Crippen LogP contribution in [0.25, 0.3) is 21.7 Å². The van der Waals surface area contributed by atoms with Gasteiger partial charge in [0.15, 0.2) is 0 Å². The van der Waals surface area contributed by atoms with Crippen molar-refractivity contribution in [2.24, 2.45) is 0 Å². The van der Waals surface area contributed by atoms with Crippen LogP contribution < -0.4 is 5.32 Å². The Kier molecular flexibility index (Phi) is 3.98. The molecule has 1 N–H and O–H groups in total. The van der Waals surface area contributed by atoms with Crippen LogP contribution in [0.2, 0.25) is 0 Å². The molecule has 0 aliphatic carbocycles. The monoisotopic (exact) mass is 329 g/mol. The van der Waals surface area contributed by atoms with Crippen LogP contribution in [0.15, 0.2) is 71.3 Å². The molecule has 0 fully saturated rings. The van der Waals surface area contributed by atoms with Crippen molar-refractivity contribution in [3.05, 3.63) is 78.1 Å². The molecule has 0 bridgehead atoms. The molecule has 1 heterocycles. The number of carbonyl (C=O) groups is 1. The van der Waals surface area contributed by atoms with Gasteiger partial charge >= 0.3 is 0 Å². The minimum absolute atomic E-state index is 0.0408. The van der Waals surface area contributed by atoms with Crippen LogP contribution in [0.3, 0.4) is 0 Å². The fourth-order valence-corrected chi connectivity index (χ4v) is 3.19. The minimum Gasteiger partial charge on any atom is -0.464 e. The lowest BCUT2D eigenvalue weighted by Gasteiger charge is -2.08. The van der Waals surface area contributed by atoms with Crippen molar-refractivity contribution in [3.8, 4) is 0 Å². The zero-order valence-corrected chi connectivity index (χ0v) is 14.1. The third kappa shape index (κ3) is 3.01. The largest absolute Gasteiger partial charge is 0.464 e. The van der Waals surface area contributed by atoms with Crippen LogP contribution in [0.1, 0.15) is 18.1 Å². The number of amides is 1. The molecule has 1 amide bonds. The topological polar surface area (TPSA) is 42.2 Å². The summed E-state index contributed by atoms with van der Waals surface area (Å²) in [6.45, 7) is 2.12. The zero-order valence-electron chi connectivity index (χ0n) is 14.1. The van der Waals surface area contributed by atoms with Crippen LogP contribution in [0.4, 0.5) is 5.69 Å². The summed E-state index contributed by atoms with van der Waals surface area (Å²) in [7, 11) is 0. The summed E-state index contributed by atoms with van der Waals surface area (Å²) in [6.07, 6.45) is 2.94. The van der Waals surface area contributed by atoms with Gasteiger partial charge in [0.25, 0.3) is 0 Å². The van der Waals surface area contributed by atoms with Crippen molar-refractivity contribution in [2.75, 3.05) is 5.32 Å². The van der Waals surface area contributed by atoms with Gasteiger partial charge in [0.2, 0.25) is 5.91 Å². The fraction of sp³-hybridized carbons (Fsp3) is 0.136. The smallest absolute Gasteiger partial charge is 0.228 e. The number of hydrogen-bond acceptors (Lipinski definition) is 2. The van der Waals surface area contributed by atoms with Gasteiger partial charge in [-0.2, -0.15) is 0 Å². The molecule has 3 aromatic carbocycles. The maximum Gasteiger partial charge on any atom is 0.228 e. The molecule has 124 valence electrons. The maximum atomic E-state index is 12.6. The molecule has 0 spiro atoms. The molecule has 0 saturated heterocycles. The molecule has 4 aromatic rings. The summed E-state index contributed by atoms with van der Waals surface area (Å²) < 4.78 is 5.59. The first-order chi connectivity index (χ1) is 12.2. The second-order valence-electron chi connectivity index (χ2n) is 6.20. The zero-order chi connectivity index (χ0) is 17.2. The van der Waals surface area contributed by atoms with Crippen LogP contribution in [-0.4, -0.2) is 5.91 Å². The Morgan fingerprint density at radius 2 is 1.84 bits per heavy atom. The quantitative estimate of drug-likeness (QED) is 0.550. The number of anilines is 1. The van der Waals surface area contributed by atoms with Crippen molar-refractivity contribution >= 4 is 33.3 Å². The molecule has 0 radical (unpaired) electrons. The van der Waals surface area contributed by atoms with Crippen molar-refractivity contribution in [1.82, 2.24) is 0 Å². The van der Waals surface area contributed by atoms with E-state index in [2.05, 4.69) is 24.4 Å². The van der Waals surface area contributed by atoms with E-state index in [9.17, 15) is 4.79 Å². The van der Waals surface area contributed by atoms with E-state index in [-0.39, 0.29) is 5.91 Å². The van der Waals surface area contributed by atoms with Crippen LogP contribution >= 0.6 is 0 Å². The van der Waals surface area contributed by atoms with Gasteiger partial charge in [0.05, 0.1) is 12.7 Å². The first-order valence-electron chi connectivity index (χ1n) is 8.51. The van der Waals surface area contributed by atoms with E-state index >= 15 is 0 Å². The molecule has 3 heteroatoms. The lowest BCUT2D eigenvalue weighted by atomic mass is 10.1. The maximum absolute atomic E-state index is 12.6. The fourth-order valence-electron chi connectivity index (χ4n) is 3.19. The molecular formula is C22H19NO2. The molecule has 0 atom stereocenters. The molecule has 0 saturated carbocycles. The highest BCUT2D eigenvalue weighted by Gasteiger charge is 2.12. The predicted molar refractivity (Wildman–Crippen MR) is 102 cm³/mol. The van der Waals surface area contributed by atoms with Gasteiger partial charge in [-0.1, -0.05) is 49.4 Å². The second-order valence-corrected chi connectivity index (χ2v) is 6.20. The average molecular weight is 329 g/mol. The Hall–Kier alpha value is -3.07. The number of nitrogens with one attached hydrogen (secondary N) is 1. The predicted octanol–water partition coefficient (Wildman–Crippen LogP) is 5.33. The Labute approximate surface area is 146 Å². The summed E-state index contributed by atoms with van der Waals surface area (Å²) >= 11 is 0. The van der Waals surface area contributed by atoms with E-state index < -0.39 is 0 Å². The first kappa shape index (κ1) is 15.5.